The maximum absolute atomic E-state index is 11.6. The zero-order valence-corrected chi connectivity index (χ0v) is 10.1. The minimum absolute atomic E-state index is 0.204. The Morgan fingerprint density at radius 3 is 2.93 bits per heavy atom. The highest BCUT2D eigenvalue weighted by molar-refractivity contribution is 9.10. The van der Waals surface area contributed by atoms with Gasteiger partial charge in [-0.2, -0.15) is 0 Å². The Morgan fingerprint density at radius 2 is 2.33 bits per heavy atom. The van der Waals surface area contributed by atoms with Crippen molar-refractivity contribution in [2.75, 3.05) is 5.32 Å². The van der Waals surface area contributed by atoms with Crippen LogP contribution in [0.3, 0.4) is 0 Å². The number of pyridine rings is 1. The fourth-order valence-corrected chi connectivity index (χ4v) is 1.60. The van der Waals surface area contributed by atoms with Crippen LogP contribution in [0.4, 0.5) is 5.69 Å². The van der Waals surface area contributed by atoms with Crippen molar-refractivity contribution >= 4 is 39.1 Å². The maximum atomic E-state index is 11.6. The SMILES string of the molecule is NC1(C(=O)Nc2cc(Br)cnc2Cl)CC1. The van der Waals surface area contributed by atoms with Crippen molar-refractivity contribution in [2.24, 2.45) is 5.73 Å². The molecule has 80 valence electrons. The molecule has 2 rings (SSSR count). The summed E-state index contributed by atoms with van der Waals surface area (Å²) in [6, 6.07) is 1.69. The largest absolute Gasteiger partial charge is 0.322 e. The standard InChI is InChI=1S/C9H9BrClN3O/c10-5-3-6(7(11)13-4-5)14-8(15)9(12)1-2-9/h3-4H,1-2,12H2,(H,14,15). The summed E-state index contributed by atoms with van der Waals surface area (Å²) in [6.45, 7) is 0. The van der Waals surface area contributed by atoms with Crippen molar-refractivity contribution in [3.05, 3.63) is 21.9 Å². The van der Waals surface area contributed by atoms with Crippen LogP contribution >= 0.6 is 27.5 Å². The quantitative estimate of drug-likeness (QED) is 0.818. The Bertz CT molecular complexity index is 420. The van der Waals surface area contributed by atoms with Gasteiger partial charge in [-0.1, -0.05) is 11.6 Å². The number of amides is 1. The van der Waals surface area contributed by atoms with Crippen molar-refractivity contribution in [3.63, 3.8) is 0 Å². The summed E-state index contributed by atoms with van der Waals surface area (Å²) in [7, 11) is 0. The molecule has 6 heteroatoms. The summed E-state index contributed by atoms with van der Waals surface area (Å²) < 4.78 is 0.754. The van der Waals surface area contributed by atoms with E-state index in [0.29, 0.717) is 5.69 Å². The van der Waals surface area contributed by atoms with Gasteiger partial charge in [-0.3, -0.25) is 4.79 Å². The van der Waals surface area contributed by atoms with Crippen molar-refractivity contribution in [3.8, 4) is 0 Å². The molecule has 1 aromatic heterocycles. The number of halogens is 2. The van der Waals surface area contributed by atoms with E-state index in [-0.39, 0.29) is 11.1 Å². The predicted octanol–water partition coefficient (Wildman–Crippen LogP) is 1.93. The summed E-state index contributed by atoms with van der Waals surface area (Å²) in [5, 5.41) is 2.93. The second kappa shape index (κ2) is 3.73. The van der Waals surface area contributed by atoms with E-state index in [9.17, 15) is 4.79 Å². The first kappa shape index (κ1) is 10.9. The number of hydrogen-bond acceptors (Lipinski definition) is 3. The molecule has 4 nitrogen and oxygen atoms in total. The Morgan fingerprint density at radius 1 is 1.67 bits per heavy atom. The maximum Gasteiger partial charge on any atom is 0.244 e. The second-order valence-electron chi connectivity index (χ2n) is 3.60. The van der Waals surface area contributed by atoms with E-state index in [1.165, 1.54) is 0 Å². The lowest BCUT2D eigenvalue weighted by molar-refractivity contribution is -0.118. The molecule has 1 aliphatic rings. The fraction of sp³-hybridized carbons (Fsp3) is 0.333. The zero-order valence-electron chi connectivity index (χ0n) is 7.76. The summed E-state index contributed by atoms with van der Waals surface area (Å²) in [5.41, 5.74) is 5.52. The normalized spacial score (nSPS) is 17.3. The van der Waals surface area contributed by atoms with Crippen molar-refractivity contribution < 1.29 is 4.79 Å². The second-order valence-corrected chi connectivity index (χ2v) is 4.88. The fourth-order valence-electron chi connectivity index (χ4n) is 1.12. The van der Waals surface area contributed by atoms with E-state index in [1.807, 2.05) is 0 Å². The van der Waals surface area contributed by atoms with Crippen molar-refractivity contribution in [1.82, 2.24) is 4.98 Å². The first-order valence-electron chi connectivity index (χ1n) is 4.43. The molecule has 1 amide bonds. The Kier molecular flexibility index (Phi) is 2.70. The van der Waals surface area contributed by atoms with Crippen LogP contribution in [0, 0.1) is 0 Å². The molecule has 0 spiro atoms. The lowest BCUT2D eigenvalue weighted by atomic mass is 10.2. The average Bonchev–Trinajstić information content (AvgIpc) is 2.91. The third-order valence-electron chi connectivity index (χ3n) is 2.29. The molecule has 1 aromatic rings. The third-order valence-corrected chi connectivity index (χ3v) is 3.03. The number of nitrogens with one attached hydrogen (secondary N) is 1. The molecule has 3 N–H and O–H groups in total. The van der Waals surface area contributed by atoms with E-state index in [1.54, 1.807) is 12.3 Å². The van der Waals surface area contributed by atoms with Crippen LogP contribution in [-0.2, 0) is 4.79 Å². The summed E-state index contributed by atoms with van der Waals surface area (Å²) in [4.78, 5) is 15.5. The molecule has 15 heavy (non-hydrogen) atoms. The highest BCUT2D eigenvalue weighted by Gasteiger charge is 2.46. The van der Waals surface area contributed by atoms with Gasteiger partial charge in [0.25, 0.3) is 0 Å². The molecule has 1 heterocycles. The van der Waals surface area contributed by atoms with Gasteiger partial charge in [0.15, 0.2) is 5.15 Å². The summed E-state index contributed by atoms with van der Waals surface area (Å²) >= 11 is 9.07. The Labute approximate surface area is 100 Å². The van der Waals surface area contributed by atoms with Gasteiger partial charge in [0.2, 0.25) is 5.91 Å². The predicted molar refractivity (Wildman–Crippen MR) is 61.7 cm³/mol. The monoisotopic (exact) mass is 289 g/mol. The molecule has 0 unspecified atom stereocenters. The van der Waals surface area contributed by atoms with E-state index in [4.69, 9.17) is 17.3 Å². The molecule has 1 saturated carbocycles. The minimum Gasteiger partial charge on any atom is -0.322 e. The zero-order chi connectivity index (χ0) is 11.1. The molecule has 0 aromatic carbocycles. The van der Waals surface area contributed by atoms with Crippen LogP contribution in [0.25, 0.3) is 0 Å². The van der Waals surface area contributed by atoms with Gasteiger partial charge < -0.3 is 11.1 Å². The van der Waals surface area contributed by atoms with Crippen LogP contribution in [0.5, 0.6) is 0 Å². The van der Waals surface area contributed by atoms with Crippen LogP contribution in [0.15, 0.2) is 16.7 Å². The lowest BCUT2D eigenvalue weighted by Crippen LogP contribution is -2.37. The first-order chi connectivity index (χ1) is 7.01. The molecule has 0 bridgehead atoms. The van der Waals surface area contributed by atoms with Gasteiger partial charge in [-0.25, -0.2) is 4.98 Å². The molecular weight excluding hydrogens is 281 g/mol. The Hall–Kier alpha value is -0.650. The average molecular weight is 291 g/mol. The van der Waals surface area contributed by atoms with Crippen LogP contribution < -0.4 is 11.1 Å². The summed E-state index contributed by atoms with van der Waals surface area (Å²) in [5.74, 6) is -0.204. The first-order valence-corrected chi connectivity index (χ1v) is 5.60. The third kappa shape index (κ3) is 2.30. The van der Waals surface area contributed by atoms with Gasteiger partial charge >= 0.3 is 0 Å². The summed E-state index contributed by atoms with van der Waals surface area (Å²) in [6.07, 6.45) is 3.00. The number of carbonyl (C=O) groups is 1. The van der Waals surface area contributed by atoms with Crippen LogP contribution in [0.1, 0.15) is 12.8 Å². The number of anilines is 1. The van der Waals surface area contributed by atoms with Crippen molar-refractivity contribution in [1.29, 1.82) is 0 Å². The van der Waals surface area contributed by atoms with E-state index in [0.717, 1.165) is 17.3 Å². The topological polar surface area (TPSA) is 68.0 Å². The van der Waals surface area contributed by atoms with Gasteiger partial charge in [-0.05, 0) is 34.8 Å². The highest BCUT2D eigenvalue weighted by atomic mass is 79.9. The highest BCUT2D eigenvalue weighted by Crippen LogP contribution is 2.34. The number of nitrogens with zero attached hydrogens (tertiary/aromatic N) is 1. The molecule has 0 atom stereocenters. The minimum atomic E-state index is -0.703. The number of aromatic nitrogens is 1. The van der Waals surface area contributed by atoms with Gasteiger partial charge in [0.1, 0.15) is 0 Å². The number of rotatable bonds is 2. The lowest BCUT2D eigenvalue weighted by Gasteiger charge is -2.10. The van der Waals surface area contributed by atoms with Crippen LogP contribution in [-0.4, -0.2) is 16.4 Å². The molecule has 1 fully saturated rings. The van der Waals surface area contributed by atoms with Crippen molar-refractivity contribution in [2.45, 2.75) is 18.4 Å². The number of nitrogens with two attached hydrogens (primary N) is 1. The molecule has 1 aliphatic carbocycles. The van der Waals surface area contributed by atoms with E-state index in [2.05, 4.69) is 26.2 Å². The van der Waals surface area contributed by atoms with Gasteiger partial charge in [-0.15, -0.1) is 0 Å². The Balaban J connectivity index is 2.16. The van der Waals surface area contributed by atoms with E-state index >= 15 is 0 Å². The molecule has 0 aliphatic heterocycles. The van der Waals surface area contributed by atoms with Crippen LogP contribution in [0.2, 0.25) is 5.15 Å². The van der Waals surface area contributed by atoms with E-state index < -0.39 is 5.54 Å². The number of hydrogen-bond donors (Lipinski definition) is 2. The smallest absolute Gasteiger partial charge is 0.244 e. The molecule has 0 saturated heterocycles. The molecule has 0 radical (unpaired) electrons. The molecular formula is C9H9BrClN3O. The number of carbonyl (C=O) groups excluding carboxylic acids is 1. The van der Waals surface area contributed by atoms with Gasteiger partial charge in [0, 0.05) is 10.7 Å². The van der Waals surface area contributed by atoms with Gasteiger partial charge in [0.05, 0.1) is 11.2 Å².